The largest absolute Gasteiger partial charge is 0.383 e. The molecule has 1 aliphatic heterocycles. The van der Waals surface area contributed by atoms with Crippen molar-refractivity contribution in [3.8, 4) is 0 Å². The van der Waals surface area contributed by atoms with Gasteiger partial charge in [0.15, 0.2) is 0 Å². The van der Waals surface area contributed by atoms with Crippen LogP contribution in [-0.4, -0.2) is 67.2 Å². The Labute approximate surface area is 134 Å². The molecule has 2 rings (SSSR count). The van der Waals surface area contributed by atoms with E-state index in [2.05, 4.69) is 11.8 Å². The van der Waals surface area contributed by atoms with Crippen LogP contribution in [0.3, 0.4) is 0 Å². The number of nitrogens with zero attached hydrogens (tertiary/aromatic N) is 2. The summed E-state index contributed by atoms with van der Waals surface area (Å²) in [7, 11) is 1.73. The average Bonchev–Trinajstić information content (AvgIpc) is 3.14. The lowest BCUT2D eigenvalue weighted by atomic mass is 10.1. The molecule has 2 fully saturated rings. The molecule has 1 saturated heterocycles. The highest BCUT2D eigenvalue weighted by molar-refractivity contribution is 5.89. The number of carbonyl (C=O) groups excluding carboxylic acids is 1. The molecule has 2 N–H and O–H groups in total. The van der Waals surface area contributed by atoms with Gasteiger partial charge in [-0.15, -0.1) is 24.8 Å². The predicted octanol–water partition coefficient (Wildman–Crippen LogP) is 0.890. The van der Waals surface area contributed by atoms with Crippen molar-refractivity contribution in [1.29, 1.82) is 0 Å². The summed E-state index contributed by atoms with van der Waals surface area (Å²) in [5.41, 5.74) is 5.48. The maximum absolute atomic E-state index is 12.2. The molecule has 20 heavy (non-hydrogen) atoms. The van der Waals surface area contributed by atoms with Crippen molar-refractivity contribution in [2.75, 3.05) is 39.9 Å². The van der Waals surface area contributed by atoms with Crippen molar-refractivity contribution < 1.29 is 9.53 Å². The van der Waals surface area contributed by atoms with Gasteiger partial charge in [-0.3, -0.25) is 9.69 Å². The van der Waals surface area contributed by atoms with Gasteiger partial charge in [-0.1, -0.05) is 6.92 Å². The van der Waals surface area contributed by atoms with Gasteiger partial charge < -0.3 is 15.4 Å². The number of amides is 1. The lowest BCUT2D eigenvalue weighted by Crippen LogP contribution is -2.58. The second-order valence-corrected chi connectivity index (χ2v) is 5.50. The van der Waals surface area contributed by atoms with E-state index in [9.17, 15) is 4.79 Å². The van der Waals surface area contributed by atoms with Crippen LogP contribution in [0.5, 0.6) is 0 Å². The SMILES string of the molecule is CCC1CN(C(=O)C2(N)CC2)CCN1CCOC.Cl.Cl. The van der Waals surface area contributed by atoms with E-state index in [4.69, 9.17) is 10.5 Å². The van der Waals surface area contributed by atoms with E-state index in [0.29, 0.717) is 6.04 Å². The zero-order valence-electron chi connectivity index (χ0n) is 12.3. The summed E-state index contributed by atoms with van der Waals surface area (Å²) in [5.74, 6) is 0.160. The van der Waals surface area contributed by atoms with E-state index in [-0.39, 0.29) is 30.7 Å². The summed E-state index contributed by atoms with van der Waals surface area (Å²) in [5, 5.41) is 0. The van der Waals surface area contributed by atoms with Gasteiger partial charge in [0, 0.05) is 39.3 Å². The molecule has 120 valence electrons. The minimum atomic E-state index is -0.521. The minimum absolute atomic E-state index is 0. The van der Waals surface area contributed by atoms with Crippen LogP contribution in [0.25, 0.3) is 0 Å². The molecular weight excluding hydrogens is 301 g/mol. The highest BCUT2D eigenvalue weighted by atomic mass is 35.5. The molecule has 0 radical (unpaired) electrons. The Bertz CT molecular complexity index is 314. The standard InChI is InChI=1S/C13H25N3O2.2ClH/c1-3-11-10-16(12(17)13(14)4-5-13)7-6-15(11)8-9-18-2;;/h11H,3-10,14H2,1-2H3;2*1H. The first-order chi connectivity index (χ1) is 8.60. The summed E-state index contributed by atoms with van der Waals surface area (Å²) in [6, 6.07) is 0.445. The Kier molecular flexibility index (Phi) is 8.36. The first-order valence-corrected chi connectivity index (χ1v) is 6.92. The van der Waals surface area contributed by atoms with Crippen LogP contribution < -0.4 is 5.73 Å². The van der Waals surface area contributed by atoms with Gasteiger partial charge in [0.2, 0.25) is 5.91 Å². The van der Waals surface area contributed by atoms with Gasteiger partial charge >= 0.3 is 0 Å². The molecule has 0 aromatic rings. The molecule has 1 amide bonds. The second-order valence-electron chi connectivity index (χ2n) is 5.50. The third-order valence-electron chi connectivity index (χ3n) is 4.16. The zero-order valence-corrected chi connectivity index (χ0v) is 14.0. The highest BCUT2D eigenvalue weighted by Gasteiger charge is 2.49. The van der Waals surface area contributed by atoms with Crippen molar-refractivity contribution in [2.24, 2.45) is 5.73 Å². The van der Waals surface area contributed by atoms with Crippen LogP contribution in [0.2, 0.25) is 0 Å². The van der Waals surface area contributed by atoms with Crippen molar-refractivity contribution in [1.82, 2.24) is 9.80 Å². The molecule has 7 heteroatoms. The topological polar surface area (TPSA) is 58.8 Å². The number of methoxy groups -OCH3 is 1. The predicted molar refractivity (Wildman–Crippen MR) is 84.8 cm³/mol. The fourth-order valence-corrected chi connectivity index (χ4v) is 2.63. The first-order valence-electron chi connectivity index (χ1n) is 6.92. The zero-order chi connectivity index (χ0) is 13.2. The normalized spacial score (nSPS) is 24.6. The maximum Gasteiger partial charge on any atom is 0.242 e. The number of rotatable bonds is 5. The lowest BCUT2D eigenvalue weighted by Gasteiger charge is -2.42. The summed E-state index contributed by atoms with van der Waals surface area (Å²) in [6.07, 6.45) is 2.77. The highest BCUT2D eigenvalue weighted by Crippen LogP contribution is 2.34. The quantitative estimate of drug-likeness (QED) is 0.814. The lowest BCUT2D eigenvalue weighted by molar-refractivity contribution is -0.136. The van der Waals surface area contributed by atoms with Gasteiger partial charge in [-0.25, -0.2) is 0 Å². The van der Waals surface area contributed by atoms with E-state index in [0.717, 1.165) is 52.0 Å². The Hall–Kier alpha value is -0.0700. The van der Waals surface area contributed by atoms with Crippen molar-refractivity contribution in [2.45, 2.75) is 37.8 Å². The van der Waals surface area contributed by atoms with Gasteiger partial charge in [0.25, 0.3) is 0 Å². The summed E-state index contributed by atoms with van der Waals surface area (Å²) < 4.78 is 5.13. The van der Waals surface area contributed by atoms with E-state index in [1.54, 1.807) is 7.11 Å². The third-order valence-corrected chi connectivity index (χ3v) is 4.16. The molecule has 1 aliphatic carbocycles. The van der Waals surface area contributed by atoms with E-state index >= 15 is 0 Å². The Morgan fingerprint density at radius 3 is 2.50 bits per heavy atom. The number of ether oxygens (including phenoxy) is 1. The molecule has 0 spiro atoms. The molecule has 1 saturated carbocycles. The fourth-order valence-electron chi connectivity index (χ4n) is 2.63. The number of hydrogen-bond acceptors (Lipinski definition) is 4. The van der Waals surface area contributed by atoms with Crippen molar-refractivity contribution in [3.05, 3.63) is 0 Å². The molecule has 1 unspecified atom stereocenters. The number of carbonyl (C=O) groups is 1. The van der Waals surface area contributed by atoms with E-state index < -0.39 is 5.54 Å². The van der Waals surface area contributed by atoms with Crippen LogP contribution >= 0.6 is 24.8 Å². The van der Waals surface area contributed by atoms with Crippen molar-refractivity contribution >= 4 is 30.7 Å². The van der Waals surface area contributed by atoms with Crippen LogP contribution in [-0.2, 0) is 9.53 Å². The van der Waals surface area contributed by atoms with Gasteiger partial charge in [0.1, 0.15) is 0 Å². The van der Waals surface area contributed by atoms with Crippen molar-refractivity contribution in [3.63, 3.8) is 0 Å². The summed E-state index contributed by atoms with van der Waals surface area (Å²) in [4.78, 5) is 16.6. The Morgan fingerprint density at radius 1 is 1.35 bits per heavy atom. The fraction of sp³-hybridized carbons (Fsp3) is 0.923. The summed E-state index contributed by atoms with van der Waals surface area (Å²) in [6.45, 7) is 6.43. The molecule has 2 aliphatic rings. The Morgan fingerprint density at radius 2 is 2.00 bits per heavy atom. The molecule has 0 aromatic heterocycles. The minimum Gasteiger partial charge on any atom is -0.383 e. The number of piperazine rings is 1. The number of nitrogens with two attached hydrogens (primary N) is 1. The first kappa shape index (κ1) is 19.9. The van der Waals surface area contributed by atoms with Crippen LogP contribution in [0.4, 0.5) is 0 Å². The average molecular weight is 328 g/mol. The van der Waals surface area contributed by atoms with Gasteiger partial charge in [-0.2, -0.15) is 0 Å². The van der Waals surface area contributed by atoms with E-state index in [1.807, 2.05) is 4.90 Å². The number of hydrogen-bond donors (Lipinski definition) is 1. The molecule has 0 aromatic carbocycles. The second kappa shape index (κ2) is 8.39. The summed E-state index contributed by atoms with van der Waals surface area (Å²) >= 11 is 0. The van der Waals surface area contributed by atoms with Crippen LogP contribution in [0, 0.1) is 0 Å². The molecule has 1 heterocycles. The third kappa shape index (κ3) is 4.46. The maximum atomic E-state index is 12.2. The molecule has 0 bridgehead atoms. The number of halogens is 2. The van der Waals surface area contributed by atoms with Gasteiger partial charge in [0.05, 0.1) is 12.1 Å². The smallest absolute Gasteiger partial charge is 0.242 e. The monoisotopic (exact) mass is 327 g/mol. The van der Waals surface area contributed by atoms with Crippen LogP contribution in [0.15, 0.2) is 0 Å². The van der Waals surface area contributed by atoms with Crippen LogP contribution in [0.1, 0.15) is 26.2 Å². The molecule has 1 atom stereocenters. The van der Waals surface area contributed by atoms with E-state index in [1.165, 1.54) is 0 Å². The van der Waals surface area contributed by atoms with Gasteiger partial charge in [-0.05, 0) is 19.3 Å². The Balaban J connectivity index is 0.00000180. The molecule has 5 nitrogen and oxygen atoms in total. The molecular formula is C13H27Cl2N3O2.